The van der Waals surface area contributed by atoms with Gasteiger partial charge in [0.1, 0.15) is 24.2 Å². The van der Waals surface area contributed by atoms with Crippen LogP contribution in [0.15, 0.2) is 114 Å². The maximum absolute atomic E-state index is 14.9. The second-order valence-electron chi connectivity index (χ2n) is 9.74. The SMILES string of the molecule is CCNC(=O)[C@H](Cc1ccccc1)N(Cc1ccccc1F)C(=O)CN(c1cccc(OC)c1)S(=O)(=O)c1ccccc1. The highest BCUT2D eigenvalue weighted by atomic mass is 32.2. The predicted molar refractivity (Wildman–Crippen MR) is 164 cm³/mol. The number of nitrogens with one attached hydrogen (secondary N) is 1. The topological polar surface area (TPSA) is 96.0 Å². The molecular formula is C33H34FN3O5S. The van der Waals surface area contributed by atoms with Crippen molar-refractivity contribution < 1.29 is 27.1 Å². The van der Waals surface area contributed by atoms with Gasteiger partial charge in [-0.3, -0.25) is 13.9 Å². The van der Waals surface area contributed by atoms with Crippen LogP contribution in [-0.2, 0) is 32.6 Å². The Morgan fingerprint density at radius 2 is 1.53 bits per heavy atom. The number of halogens is 1. The van der Waals surface area contributed by atoms with Crippen LogP contribution in [0.2, 0.25) is 0 Å². The third-order valence-electron chi connectivity index (χ3n) is 6.87. The van der Waals surface area contributed by atoms with E-state index in [0.29, 0.717) is 12.3 Å². The van der Waals surface area contributed by atoms with E-state index in [0.717, 1.165) is 9.87 Å². The zero-order chi connectivity index (χ0) is 30.8. The number of anilines is 1. The molecule has 43 heavy (non-hydrogen) atoms. The van der Waals surface area contributed by atoms with Crippen LogP contribution in [0, 0.1) is 5.82 Å². The lowest BCUT2D eigenvalue weighted by Crippen LogP contribution is -2.53. The van der Waals surface area contributed by atoms with Gasteiger partial charge in [0.15, 0.2) is 0 Å². The number of carbonyl (C=O) groups excluding carboxylic acids is 2. The molecule has 0 aliphatic heterocycles. The minimum Gasteiger partial charge on any atom is -0.497 e. The van der Waals surface area contributed by atoms with Gasteiger partial charge in [0.2, 0.25) is 11.8 Å². The molecule has 1 N–H and O–H groups in total. The Bertz CT molecular complexity index is 1630. The van der Waals surface area contributed by atoms with Crippen molar-refractivity contribution in [3.63, 3.8) is 0 Å². The van der Waals surface area contributed by atoms with Crippen molar-refractivity contribution in [1.29, 1.82) is 0 Å². The van der Waals surface area contributed by atoms with Crippen LogP contribution in [0.1, 0.15) is 18.1 Å². The van der Waals surface area contributed by atoms with E-state index < -0.39 is 40.2 Å². The molecule has 0 saturated carbocycles. The Kier molecular flexibility index (Phi) is 10.5. The lowest BCUT2D eigenvalue weighted by Gasteiger charge is -2.34. The molecule has 0 aliphatic rings. The highest BCUT2D eigenvalue weighted by Gasteiger charge is 2.35. The van der Waals surface area contributed by atoms with Gasteiger partial charge in [0.25, 0.3) is 10.0 Å². The van der Waals surface area contributed by atoms with Crippen molar-refractivity contribution in [2.75, 3.05) is 24.5 Å². The summed E-state index contributed by atoms with van der Waals surface area (Å²) in [6.45, 7) is 1.17. The lowest BCUT2D eigenvalue weighted by atomic mass is 10.0. The summed E-state index contributed by atoms with van der Waals surface area (Å²) in [7, 11) is -2.79. The number of likely N-dealkylation sites (N-methyl/N-ethyl adjacent to an activating group) is 1. The Hall–Kier alpha value is -4.70. The fraction of sp³-hybridized carbons (Fsp3) is 0.212. The van der Waals surface area contributed by atoms with Crippen molar-refractivity contribution in [3.05, 3.63) is 126 Å². The summed E-state index contributed by atoms with van der Waals surface area (Å²) in [5, 5.41) is 2.78. The first-order valence-electron chi connectivity index (χ1n) is 13.8. The quantitative estimate of drug-likeness (QED) is 0.237. The Morgan fingerprint density at radius 1 is 0.884 bits per heavy atom. The molecule has 8 nitrogen and oxygen atoms in total. The number of rotatable bonds is 13. The van der Waals surface area contributed by atoms with Crippen molar-refractivity contribution in [2.45, 2.75) is 30.8 Å². The van der Waals surface area contributed by atoms with Crippen LogP contribution in [0.3, 0.4) is 0 Å². The summed E-state index contributed by atoms with van der Waals surface area (Å²) in [6.07, 6.45) is 0.136. The fourth-order valence-electron chi connectivity index (χ4n) is 4.67. The predicted octanol–water partition coefficient (Wildman–Crippen LogP) is 4.81. The Balaban J connectivity index is 1.81. The molecule has 0 spiro atoms. The Labute approximate surface area is 251 Å². The number of ether oxygens (including phenoxy) is 1. The summed E-state index contributed by atoms with van der Waals surface area (Å²) in [6, 6.07) is 28.2. The lowest BCUT2D eigenvalue weighted by molar-refractivity contribution is -0.140. The number of benzene rings is 4. The molecule has 1 atom stereocenters. The second-order valence-corrected chi connectivity index (χ2v) is 11.6. The molecule has 224 valence electrons. The van der Waals surface area contributed by atoms with Gasteiger partial charge in [-0.2, -0.15) is 0 Å². The van der Waals surface area contributed by atoms with E-state index in [9.17, 15) is 22.4 Å². The fourth-order valence-corrected chi connectivity index (χ4v) is 6.10. The molecule has 0 fully saturated rings. The smallest absolute Gasteiger partial charge is 0.264 e. The number of amides is 2. The number of hydrogen-bond acceptors (Lipinski definition) is 5. The van der Waals surface area contributed by atoms with Gasteiger partial charge in [-0.05, 0) is 42.8 Å². The molecule has 0 heterocycles. The van der Waals surface area contributed by atoms with Gasteiger partial charge in [0.05, 0.1) is 17.7 Å². The van der Waals surface area contributed by atoms with Gasteiger partial charge >= 0.3 is 0 Å². The van der Waals surface area contributed by atoms with E-state index in [-0.39, 0.29) is 29.1 Å². The largest absolute Gasteiger partial charge is 0.497 e. The maximum atomic E-state index is 14.9. The van der Waals surface area contributed by atoms with Crippen molar-refractivity contribution >= 4 is 27.5 Å². The minimum atomic E-state index is -4.25. The molecule has 0 unspecified atom stereocenters. The van der Waals surface area contributed by atoms with Crippen LogP contribution < -0.4 is 14.4 Å². The van der Waals surface area contributed by atoms with Gasteiger partial charge in [-0.15, -0.1) is 0 Å². The molecule has 4 aromatic carbocycles. The zero-order valence-corrected chi connectivity index (χ0v) is 24.8. The van der Waals surface area contributed by atoms with Crippen molar-refractivity contribution in [1.82, 2.24) is 10.2 Å². The first kappa shape index (κ1) is 31.2. The highest BCUT2D eigenvalue weighted by molar-refractivity contribution is 7.92. The zero-order valence-electron chi connectivity index (χ0n) is 24.0. The molecule has 4 aromatic rings. The van der Waals surface area contributed by atoms with E-state index in [1.165, 1.54) is 48.4 Å². The molecule has 2 amide bonds. The number of carbonyl (C=O) groups is 2. The summed E-state index contributed by atoms with van der Waals surface area (Å²) < 4.78 is 49.2. The van der Waals surface area contributed by atoms with E-state index in [1.54, 1.807) is 49.4 Å². The summed E-state index contributed by atoms with van der Waals surface area (Å²) in [4.78, 5) is 29.0. The van der Waals surface area contributed by atoms with Crippen LogP contribution in [0.5, 0.6) is 5.75 Å². The first-order valence-corrected chi connectivity index (χ1v) is 15.2. The number of hydrogen-bond donors (Lipinski definition) is 1. The standard InChI is InChI=1S/C33H34FN3O5S/c1-3-35-33(39)31(21-25-13-6-4-7-14-25)36(23-26-15-10-11-20-30(26)34)32(38)24-37(27-16-12-17-28(22-27)42-2)43(40,41)29-18-8-5-9-19-29/h4-20,22,31H,3,21,23-24H2,1-2H3,(H,35,39)/t31-/m0/s1. The van der Waals surface area contributed by atoms with Crippen LogP contribution in [0.25, 0.3) is 0 Å². The normalized spacial score (nSPS) is 11.8. The van der Waals surface area contributed by atoms with Gasteiger partial charge < -0.3 is 15.0 Å². The van der Waals surface area contributed by atoms with Gasteiger partial charge in [-0.25, -0.2) is 12.8 Å². The molecule has 0 bridgehead atoms. The Morgan fingerprint density at radius 3 is 2.19 bits per heavy atom. The molecule has 0 radical (unpaired) electrons. The average molecular weight is 604 g/mol. The molecule has 0 saturated heterocycles. The van der Waals surface area contributed by atoms with Gasteiger partial charge in [0, 0.05) is 31.1 Å². The van der Waals surface area contributed by atoms with Crippen LogP contribution >= 0.6 is 0 Å². The highest BCUT2D eigenvalue weighted by Crippen LogP contribution is 2.28. The van der Waals surface area contributed by atoms with E-state index in [2.05, 4.69) is 5.32 Å². The second kappa shape index (κ2) is 14.5. The average Bonchev–Trinajstić information content (AvgIpc) is 3.03. The number of methoxy groups -OCH3 is 1. The number of sulfonamides is 1. The summed E-state index contributed by atoms with van der Waals surface area (Å²) in [5.74, 6) is -1.27. The van der Waals surface area contributed by atoms with Crippen molar-refractivity contribution in [3.8, 4) is 5.75 Å². The number of nitrogens with zero attached hydrogens (tertiary/aromatic N) is 2. The van der Waals surface area contributed by atoms with E-state index in [1.807, 2.05) is 30.3 Å². The van der Waals surface area contributed by atoms with Gasteiger partial charge in [-0.1, -0.05) is 72.8 Å². The summed E-state index contributed by atoms with van der Waals surface area (Å²) >= 11 is 0. The van der Waals surface area contributed by atoms with Crippen LogP contribution in [0.4, 0.5) is 10.1 Å². The van der Waals surface area contributed by atoms with E-state index >= 15 is 0 Å². The summed E-state index contributed by atoms with van der Waals surface area (Å²) in [5.41, 5.74) is 1.17. The van der Waals surface area contributed by atoms with Crippen molar-refractivity contribution in [2.24, 2.45) is 0 Å². The molecule has 0 aromatic heterocycles. The third kappa shape index (κ3) is 7.78. The maximum Gasteiger partial charge on any atom is 0.264 e. The third-order valence-corrected chi connectivity index (χ3v) is 8.66. The first-order chi connectivity index (χ1) is 20.7. The monoisotopic (exact) mass is 603 g/mol. The van der Waals surface area contributed by atoms with Crippen LogP contribution in [-0.4, -0.2) is 51.4 Å². The minimum absolute atomic E-state index is 0.0177. The van der Waals surface area contributed by atoms with E-state index in [4.69, 9.17) is 4.74 Å². The molecule has 4 rings (SSSR count). The molecular weight excluding hydrogens is 569 g/mol. The molecule has 0 aliphatic carbocycles. The molecule has 10 heteroatoms.